The predicted octanol–water partition coefficient (Wildman–Crippen LogP) is 4.82. The summed E-state index contributed by atoms with van der Waals surface area (Å²) in [6.45, 7) is 9.48. The maximum atomic E-state index is 12.3. The molecule has 0 spiro atoms. The molecule has 19 heavy (non-hydrogen) atoms. The summed E-state index contributed by atoms with van der Waals surface area (Å²) >= 11 is 8.44. The first-order valence-electron chi connectivity index (χ1n) is 6.48. The molecule has 1 fully saturated rings. The van der Waals surface area contributed by atoms with E-state index in [2.05, 4.69) is 57.5 Å². The van der Waals surface area contributed by atoms with Crippen molar-refractivity contribution in [3.63, 3.8) is 0 Å². The van der Waals surface area contributed by atoms with E-state index in [1.165, 1.54) is 6.42 Å². The molecule has 1 saturated heterocycles. The standard InChI is InChI=1S/C14H19Br2NOS/c1-14(2,3)9-4-5-17(7-9)8-11(18)10-6-12(15)19-13(10)16/h6,9H,4-5,7-8H2,1-3H3. The molecule has 2 heterocycles. The first-order chi connectivity index (χ1) is 8.77. The van der Waals surface area contributed by atoms with E-state index in [-0.39, 0.29) is 5.78 Å². The van der Waals surface area contributed by atoms with Crippen LogP contribution in [0, 0.1) is 11.3 Å². The third-order valence-electron chi connectivity index (χ3n) is 3.82. The Kier molecular flexibility index (Phi) is 4.92. The highest BCUT2D eigenvalue weighted by Crippen LogP contribution is 2.35. The molecule has 1 atom stereocenters. The third kappa shape index (κ3) is 3.90. The molecule has 5 heteroatoms. The van der Waals surface area contributed by atoms with Crippen LogP contribution in [0.15, 0.2) is 13.6 Å². The third-order valence-corrected chi connectivity index (χ3v) is 6.16. The Labute approximate surface area is 135 Å². The van der Waals surface area contributed by atoms with Crippen molar-refractivity contribution in [1.29, 1.82) is 0 Å². The van der Waals surface area contributed by atoms with Crippen LogP contribution >= 0.6 is 43.2 Å². The summed E-state index contributed by atoms with van der Waals surface area (Å²) in [5.41, 5.74) is 1.14. The van der Waals surface area contributed by atoms with Gasteiger partial charge in [0.05, 0.1) is 14.1 Å². The minimum atomic E-state index is 0.211. The molecule has 0 aliphatic carbocycles. The van der Waals surface area contributed by atoms with E-state index in [0.717, 1.165) is 26.2 Å². The van der Waals surface area contributed by atoms with E-state index < -0.39 is 0 Å². The number of ketones is 1. The summed E-state index contributed by atoms with van der Waals surface area (Å²) in [7, 11) is 0. The second-order valence-corrected chi connectivity index (χ2v) is 10.00. The molecule has 106 valence electrons. The highest BCUT2D eigenvalue weighted by molar-refractivity contribution is 9.12. The van der Waals surface area contributed by atoms with E-state index in [1.54, 1.807) is 11.3 Å². The van der Waals surface area contributed by atoms with Crippen molar-refractivity contribution < 1.29 is 4.79 Å². The van der Waals surface area contributed by atoms with Gasteiger partial charge in [0.1, 0.15) is 0 Å². The van der Waals surface area contributed by atoms with Crippen molar-refractivity contribution in [2.75, 3.05) is 19.6 Å². The molecule has 0 radical (unpaired) electrons. The van der Waals surface area contributed by atoms with Gasteiger partial charge in [-0.05, 0) is 62.2 Å². The number of thiophene rings is 1. The molecule has 0 aromatic carbocycles. The van der Waals surface area contributed by atoms with Gasteiger partial charge < -0.3 is 0 Å². The monoisotopic (exact) mass is 407 g/mol. The van der Waals surface area contributed by atoms with Gasteiger partial charge in [0.15, 0.2) is 5.78 Å². The van der Waals surface area contributed by atoms with Crippen molar-refractivity contribution in [2.45, 2.75) is 27.2 Å². The van der Waals surface area contributed by atoms with Crippen LogP contribution in [0.5, 0.6) is 0 Å². The van der Waals surface area contributed by atoms with Gasteiger partial charge in [-0.3, -0.25) is 9.69 Å². The molecule has 1 aliphatic heterocycles. The van der Waals surface area contributed by atoms with Gasteiger partial charge in [0.2, 0.25) is 0 Å². The number of carbonyl (C=O) groups is 1. The van der Waals surface area contributed by atoms with Crippen LogP contribution in [-0.2, 0) is 0 Å². The van der Waals surface area contributed by atoms with E-state index in [1.807, 2.05) is 6.07 Å². The number of Topliss-reactive ketones (excluding diaryl/α,β-unsaturated/α-hetero) is 1. The molecule has 0 saturated carbocycles. The Morgan fingerprint density at radius 3 is 2.63 bits per heavy atom. The molecule has 0 N–H and O–H groups in total. The van der Waals surface area contributed by atoms with Crippen molar-refractivity contribution in [3.8, 4) is 0 Å². The van der Waals surface area contributed by atoms with Crippen LogP contribution in [0.2, 0.25) is 0 Å². The number of carbonyl (C=O) groups excluding carboxylic acids is 1. The fraction of sp³-hybridized carbons (Fsp3) is 0.643. The smallest absolute Gasteiger partial charge is 0.178 e. The zero-order valence-corrected chi connectivity index (χ0v) is 15.5. The second kappa shape index (κ2) is 5.96. The summed E-state index contributed by atoms with van der Waals surface area (Å²) in [5, 5.41) is 0. The Hall–Kier alpha value is 0.290. The Morgan fingerprint density at radius 2 is 2.16 bits per heavy atom. The van der Waals surface area contributed by atoms with Gasteiger partial charge in [-0.25, -0.2) is 0 Å². The molecule has 1 unspecified atom stereocenters. The normalized spacial score (nSPS) is 21.0. The first-order valence-corrected chi connectivity index (χ1v) is 8.88. The van der Waals surface area contributed by atoms with Crippen molar-refractivity contribution in [3.05, 3.63) is 19.2 Å². The topological polar surface area (TPSA) is 20.3 Å². The highest BCUT2D eigenvalue weighted by Gasteiger charge is 2.32. The van der Waals surface area contributed by atoms with Gasteiger partial charge in [0.25, 0.3) is 0 Å². The lowest BCUT2D eigenvalue weighted by Gasteiger charge is -2.26. The molecule has 1 aromatic rings. The molecule has 1 aromatic heterocycles. The van der Waals surface area contributed by atoms with E-state index in [0.29, 0.717) is 17.9 Å². The van der Waals surface area contributed by atoms with Gasteiger partial charge in [0, 0.05) is 12.1 Å². The SMILES string of the molecule is CC(C)(C)C1CCN(CC(=O)c2cc(Br)sc2Br)C1. The second-order valence-electron chi connectivity index (χ2n) is 6.25. The minimum Gasteiger partial charge on any atom is -0.295 e. The molecule has 1 aliphatic rings. The Morgan fingerprint density at radius 1 is 1.47 bits per heavy atom. The number of likely N-dealkylation sites (tertiary alicyclic amines) is 1. The van der Waals surface area contributed by atoms with Crippen LogP contribution < -0.4 is 0 Å². The average molecular weight is 409 g/mol. The predicted molar refractivity (Wildman–Crippen MR) is 88.1 cm³/mol. The average Bonchev–Trinajstić information content (AvgIpc) is 2.84. The Balaban J connectivity index is 1.96. The summed E-state index contributed by atoms with van der Waals surface area (Å²) in [6.07, 6.45) is 1.20. The molecular formula is C14H19Br2NOS. The van der Waals surface area contributed by atoms with Gasteiger partial charge >= 0.3 is 0 Å². The summed E-state index contributed by atoms with van der Waals surface area (Å²) in [5.74, 6) is 0.904. The fourth-order valence-corrected chi connectivity index (χ4v) is 5.36. The number of hydrogen-bond acceptors (Lipinski definition) is 3. The molecule has 2 rings (SSSR count). The minimum absolute atomic E-state index is 0.211. The Bertz CT molecular complexity index is 478. The van der Waals surface area contributed by atoms with E-state index in [9.17, 15) is 4.79 Å². The maximum absolute atomic E-state index is 12.3. The zero-order valence-electron chi connectivity index (χ0n) is 11.5. The quantitative estimate of drug-likeness (QED) is 0.668. The van der Waals surface area contributed by atoms with Crippen LogP contribution in [0.1, 0.15) is 37.6 Å². The molecule has 0 bridgehead atoms. The van der Waals surface area contributed by atoms with Crippen molar-refractivity contribution in [2.24, 2.45) is 11.3 Å². The number of hydrogen-bond donors (Lipinski definition) is 0. The summed E-state index contributed by atoms with van der Waals surface area (Å²) < 4.78 is 1.92. The van der Waals surface area contributed by atoms with Crippen LogP contribution in [-0.4, -0.2) is 30.3 Å². The van der Waals surface area contributed by atoms with Gasteiger partial charge in [-0.2, -0.15) is 0 Å². The first kappa shape index (κ1) is 15.7. The molecule has 2 nitrogen and oxygen atoms in total. The maximum Gasteiger partial charge on any atom is 0.178 e. The number of nitrogens with zero attached hydrogens (tertiary/aromatic N) is 1. The van der Waals surface area contributed by atoms with Crippen molar-refractivity contribution >= 4 is 49.0 Å². The van der Waals surface area contributed by atoms with Crippen LogP contribution in [0.3, 0.4) is 0 Å². The van der Waals surface area contributed by atoms with Crippen molar-refractivity contribution in [1.82, 2.24) is 4.90 Å². The summed E-state index contributed by atoms with van der Waals surface area (Å²) in [4.78, 5) is 14.6. The van der Waals surface area contributed by atoms with E-state index in [4.69, 9.17) is 0 Å². The number of rotatable bonds is 3. The van der Waals surface area contributed by atoms with Crippen LogP contribution in [0.25, 0.3) is 0 Å². The molecule has 0 amide bonds. The van der Waals surface area contributed by atoms with Crippen LogP contribution in [0.4, 0.5) is 0 Å². The highest BCUT2D eigenvalue weighted by atomic mass is 79.9. The lowest BCUT2D eigenvalue weighted by Crippen LogP contribution is -2.30. The number of halogens is 2. The zero-order chi connectivity index (χ0) is 14.2. The molecular weight excluding hydrogens is 390 g/mol. The lowest BCUT2D eigenvalue weighted by molar-refractivity contribution is 0.0938. The largest absolute Gasteiger partial charge is 0.295 e. The summed E-state index contributed by atoms with van der Waals surface area (Å²) in [6, 6.07) is 1.91. The van der Waals surface area contributed by atoms with E-state index >= 15 is 0 Å². The van der Waals surface area contributed by atoms with Gasteiger partial charge in [-0.1, -0.05) is 20.8 Å². The fourth-order valence-electron chi connectivity index (χ4n) is 2.50. The lowest BCUT2D eigenvalue weighted by atomic mass is 9.80. The van der Waals surface area contributed by atoms with Gasteiger partial charge in [-0.15, -0.1) is 11.3 Å².